The number of hydrogen-bond acceptors (Lipinski definition) is 5. The molecule has 1 aromatic heterocycles. The second-order valence-corrected chi connectivity index (χ2v) is 4.14. The van der Waals surface area contributed by atoms with Crippen molar-refractivity contribution in [3.63, 3.8) is 0 Å². The van der Waals surface area contributed by atoms with Crippen molar-refractivity contribution in [2.45, 2.75) is 25.5 Å². The van der Waals surface area contributed by atoms with Crippen LogP contribution in [0.2, 0.25) is 0 Å². The summed E-state index contributed by atoms with van der Waals surface area (Å²) in [4.78, 5) is 4.08. The molecule has 0 aliphatic carbocycles. The zero-order chi connectivity index (χ0) is 12.0. The first-order valence-electron chi connectivity index (χ1n) is 5.30. The number of aryl methyl sites for hydroxylation is 1. The summed E-state index contributed by atoms with van der Waals surface area (Å²) in [5.74, 6) is 0.850. The fourth-order valence-electron chi connectivity index (χ4n) is 1.33. The Hall–Kier alpha value is -0.980. The molecule has 0 bridgehead atoms. The normalized spacial score (nSPS) is 15.0. The largest absolute Gasteiger partial charge is 0.389 e. The molecule has 6 heteroatoms. The van der Waals surface area contributed by atoms with E-state index in [-0.39, 0.29) is 0 Å². The third kappa shape index (κ3) is 4.26. The number of aromatic nitrogens is 3. The molecule has 0 aliphatic heterocycles. The molecule has 0 aliphatic rings. The standard InChI is InChI=1S/C10H20N4O2/c1-10(15,4-5-16-3)7-11-6-9-12-8-13-14(9)2/h8,11,15H,4-7H2,1-3H3. The summed E-state index contributed by atoms with van der Waals surface area (Å²) in [7, 11) is 3.47. The third-order valence-electron chi connectivity index (χ3n) is 2.44. The zero-order valence-electron chi connectivity index (χ0n) is 10.1. The van der Waals surface area contributed by atoms with Crippen LogP contribution in [0, 0.1) is 0 Å². The Bertz CT molecular complexity index is 312. The van der Waals surface area contributed by atoms with E-state index in [0.29, 0.717) is 26.1 Å². The van der Waals surface area contributed by atoms with Gasteiger partial charge in [0, 0.05) is 33.7 Å². The number of nitrogens with one attached hydrogen (secondary N) is 1. The van der Waals surface area contributed by atoms with Gasteiger partial charge in [0.15, 0.2) is 0 Å². The molecule has 0 amide bonds. The van der Waals surface area contributed by atoms with E-state index >= 15 is 0 Å². The molecule has 2 N–H and O–H groups in total. The van der Waals surface area contributed by atoms with Gasteiger partial charge in [0.25, 0.3) is 0 Å². The average molecular weight is 228 g/mol. The lowest BCUT2D eigenvalue weighted by Gasteiger charge is -2.23. The number of hydrogen-bond donors (Lipinski definition) is 2. The van der Waals surface area contributed by atoms with Crippen LogP contribution in [0.4, 0.5) is 0 Å². The molecule has 1 aromatic rings. The van der Waals surface area contributed by atoms with Gasteiger partial charge in [-0.1, -0.05) is 0 Å². The number of ether oxygens (including phenoxy) is 1. The van der Waals surface area contributed by atoms with E-state index < -0.39 is 5.60 Å². The Balaban J connectivity index is 2.27. The van der Waals surface area contributed by atoms with Crippen molar-refractivity contribution in [1.82, 2.24) is 20.1 Å². The van der Waals surface area contributed by atoms with Gasteiger partial charge >= 0.3 is 0 Å². The van der Waals surface area contributed by atoms with Crippen LogP contribution in [0.25, 0.3) is 0 Å². The molecule has 92 valence electrons. The lowest BCUT2D eigenvalue weighted by Crippen LogP contribution is -2.38. The number of methoxy groups -OCH3 is 1. The third-order valence-corrected chi connectivity index (χ3v) is 2.44. The van der Waals surface area contributed by atoms with Gasteiger partial charge in [-0.2, -0.15) is 5.10 Å². The minimum atomic E-state index is -0.755. The molecule has 1 rings (SSSR count). The molecule has 1 atom stereocenters. The topological polar surface area (TPSA) is 72.2 Å². The number of rotatable bonds is 7. The SMILES string of the molecule is COCCC(C)(O)CNCc1ncnn1C. The first kappa shape index (κ1) is 13.1. The fraction of sp³-hybridized carbons (Fsp3) is 0.800. The highest BCUT2D eigenvalue weighted by molar-refractivity contribution is 4.84. The zero-order valence-corrected chi connectivity index (χ0v) is 10.1. The molecular weight excluding hydrogens is 208 g/mol. The maximum Gasteiger partial charge on any atom is 0.140 e. The summed E-state index contributed by atoms with van der Waals surface area (Å²) < 4.78 is 6.64. The Morgan fingerprint density at radius 1 is 1.62 bits per heavy atom. The van der Waals surface area contributed by atoms with E-state index in [4.69, 9.17) is 4.74 Å². The molecule has 0 saturated heterocycles. The first-order chi connectivity index (χ1) is 7.55. The van der Waals surface area contributed by atoms with Crippen LogP contribution in [0.1, 0.15) is 19.2 Å². The van der Waals surface area contributed by atoms with Crippen LogP contribution >= 0.6 is 0 Å². The van der Waals surface area contributed by atoms with Gasteiger partial charge in [-0.3, -0.25) is 4.68 Å². The maximum absolute atomic E-state index is 9.96. The van der Waals surface area contributed by atoms with Crippen molar-refractivity contribution in [2.24, 2.45) is 7.05 Å². The molecule has 0 radical (unpaired) electrons. The van der Waals surface area contributed by atoms with Crippen LogP contribution in [-0.2, 0) is 18.3 Å². The molecule has 6 nitrogen and oxygen atoms in total. The summed E-state index contributed by atoms with van der Waals surface area (Å²) in [5, 5.41) is 17.1. The van der Waals surface area contributed by atoms with Gasteiger partial charge in [-0.25, -0.2) is 4.98 Å². The summed E-state index contributed by atoms with van der Waals surface area (Å²) in [6.07, 6.45) is 2.12. The van der Waals surface area contributed by atoms with Gasteiger partial charge in [0.05, 0.1) is 12.1 Å². The van der Waals surface area contributed by atoms with Crippen molar-refractivity contribution in [3.05, 3.63) is 12.2 Å². The Labute approximate surface area is 95.6 Å². The molecule has 0 spiro atoms. The minimum absolute atomic E-state index is 0.503. The van der Waals surface area contributed by atoms with Crippen LogP contribution in [-0.4, -0.2) is 45.7 Å². The van der Waals surface area contributed by atoms with Crippen molar-refractivity contribution < 1.29 is 9.84 Å². The molecule has 0 aromatic carbocycles. The van der Waals surface area contributed by atoms with E-state index in [1.54, 1.807) is 18.7 Å². The quantitative estimate of drug-likeness (QED) is 0.670. The first-order valence-corrected chi connectivity index (χ1v) is 5.30. The molecule has 1 heterocycles. The summed E-state index contributed by atoms with van der Waals surface area (Å²) in [5.41, 5.74) is -0.755. The highest BCUT2D eigenvalue weighted by Crippen LogP contribution is 2.07. The number of aliphatic hydroxyl groups is 1. The summed E-state index contributed by atoms with van der Waals surface area (Å²) in [6.45, 7) is 3.44. The Kier molecular flexibility index (Phi) is 4.85. The Morgan fingerprint density at radius 2 is 2.38 bits per heavy atom. The lowest BCUT2D eigenvalue weighted by atomic mass is 10.0. The van der Waals surface area contributed by atoms with Crippen LogP contribution in [0.15, 0.2) is 6.33 Å². The van der Waals surface area contributed by atoms with Crippen LogP contribution < -0.4 is 5.32 Å². The highest BCUT2D eigenvalue weighted by atomic mass is 16.5. The minimum Gasteiger partial charge on any atom is -0.389 e. The molecular formula is C10H20N4O2. The predicted molar refractivity (Wildman–Crippen MR) is 59.8 cm³/mol. The summed E-state index contributed by atoms with van der Waals surface area (Å²) >= 11 is 0. The second kappa shape index (κ2) is 5.93. The summed E-state index contributed by atoms with van der Waals surface area (Å²) in [6, 6.07) is 0. The second-order valence-electron chi connectivity index (χ2n) is 4.14. The van der Waals surface area contributed by atoms with Gasteiger partial charge < -0.3 is 15.2 Å². The maximum atomic E-state index is 9.96. The van der Waals surface area contributed by atoms with Gasteiger partial charge in [0.1, 0.15) is 12.2 Å². The van der Waals surface area contributed by atoms with E-state index in [1.165, 1.54) is 6.33 Å². The van der Waals surface area contributed by atoms with E-state index in [9.17, 15) is 5.11 Å². The predicted octanol–water partition coefficient (Wildman–Crippen LogP) is -0.308. The fourth-order valence-corrected chi connectivity index (χ4v) is 1.33. The highest BCUT2D eigenvalue weighted by Gasteiger charge is 2.19. The van der Waals surface area contributed by atoms with Crippen molar-refractivity contribution in [1.29, 1.82) is 0 Å². The van der Waals surface area contributed by atoms with Crippen molar-refractivity contribution in [3.8, 4) is 0 Å². The molecule has 0 fully saturated rings. The van der Waals surface area contributed by atoms with Gasteiger partial charge in [-0.15, -0.1) is 0 Å². The van der Waals surface area contributed by atoms with Crippen LogP contribution in [0.5, 0.6) is 0 Å². The molecule has 1 unspecified atom stereocenters. The van der Waals surface area contributed by atoms with Gasteiger partial charge in [-0.05, 0) is 6.92 Å². The van der Waals surface area contributed by atoms with E-state index in [1.807, 2.05) is 7.05 Å². The van der Waals surface area contributed by atoms with Crippen molar-refractivity contribution in [2.75, 3.05) is 20.3 Å². The van der Waals surface area contributed by atoms with Gasteiger partial charge in [0.2, 0.25) is 0 Å². The van der Waals surface area contributed by atoms with Crippen LogP contribution in [0.3, 0.4) is 0 Å². The molecule has 0 saturated carbocycles. The Morgan fingerprint density at radius 3 is 2.94 bits per heavy atom. The van der Waals surface area contributed by atoms with E-state index in [2.05, 4.69) is 15.4 Å². The van der Waals surface area contributed by atoms with E-state index in [0.717, 1.165) is 5.82 Å². The van der Waals surface area contributed by atoms with Crippen molar-refractivity contribution >= 4 is 0 Å². The monoisotopic (exact) mass is 228 g/mol. The lowest BCUT2D eigenvalue weighted by molar-refractivity contribution is 0.0246. The molecule has 16 heavy (non-hydrogen) atoms. The average Bonchev–Trinajstić information content (AvgIpc) is 2.62. The smallest absolute Gasteiger partial charge is 0.140 e. The number of nitrogens with zero attached hydrogens (tertiary/aromatic N) is 3.